The van der Waals surface area contributed by atoms with E-state index in [-0.39, 0.29) is 5.91 Å². The van der Waals surface area contributed by atoms with E-state index in [0.717, 1.165) is 40.0 Å². The summed E-state index contributed by atoms with van der Waals surface area (Å²) < 4.78 is 5.55. The highest BCUT2D eigenvalue weighted by atomic mass is 16.5. The predicted molar refractivity (Wildman–Crippen MR) is 120 cm³/mol. The molecule has 30 heavy (non-hydrogen) atoms. The standard InChI is InChI=1S/C26H22N2O2/c1-2-30-20-13-11-18(12-14-20)24-17-22(21-8-4-5-9-23(21)27-24)26(29)28-16-15-19-7-3-6-10-25(19)28/h3-14,17H,2,15-16H2,1H3. The molecule has 0 unspecified atom stereocenters. The number of ether oxygens (including phenoxy) is 1. The Kier molecular flexibility index (Phi) is 4.68. The summed E-state index contributed by atoms with van der Waals surface area (Å²) in [6.07, 6.45) is 0.886. The van der Waals surface area contributed by atoms with Crippen LogP contribution in [0.5, 0.6) is 5.75 Å². The Morgan fingerprint density at radius 2 is 1.77 bits per heavy atom. The van der Waals surface area contributed by atoms with Gasteiger partial charge in [-0.25, -0.2) is 4.98 Å². The molecule has 0 spiro atoms. The van der Waals surface area contributed by atoms with Gasteiger partial charge in [-0.2, -0.15) is 0 Å². The summed E-state index contributed by atoms with van der Waals surface area (Å²) in [5.41, 5.74) is 5.47. The van der Waals surface area contributed by atoms with Gasteiger partial charge >= 0.3 is 0 Å². The lowest BCUT2D eigenvalue weighted by atomic mass is 10.0. The van der Waals surface area contributed by atoms with Crippen molar-refractivity contribution >= 4 is 22.5 Å². The van der Waals surface area contributed by atoms with Gasteiger partial charge in [0.15, 0.2) is 0 Å². The van der Waals surface area contributed by atoms with Crippen LogP contribution < -0.4 is 9.64 Å². The fourth-order valence-electron chi connectivity index (χ4n) is 4.08. The van der Waals surface area contributed by atoms with E-state index in [1.807, 2.05) is 84.6 Å². The second-order valence-electron chi connectivity index (χ2n) is 7.37. The van der Waals surface area contributed by atoms with Crippen LogP contribution in [0.2, 0.25) is 0 Å². The molecule has 1 aliphatic heterocycles. The minimum absolute atomic E-state index is 0.0192. The minimum atomic E-state index is 0.0192. The number of fused-ring (bicyclic) bond motifs is 2. The number of pyridine rings is 1. The van der Waals surface area contributed by atoms with Gasteiger partial charge < -0.3 is 9.64 Å². The Balaban J connectivity index is 1.60. The van der Waals surface area contributed by atoms with Crippen LogP contribution in [-0.2, 0) is 6.42 Å². The molecule has 0 bridgehead atoms. The van der Waals surface area contributed by atoms with Gasteiger partial charge in [-0.15, -0.1) is 0 Å². The Hall–Kier alpha value is -3.66. The zero-order valence-corrected chi connectivity index (χ0v) is 16.8. The van der Waals surface area contributed by atoms with Crippen molar-refractivity contribution in [3.63, 3.8) is 0 Å². The van der Waals surface area contributed by atoms with Gasteiger partial charge in [0.05, 0.1) is 23.4 Å². The number of para-hydroxylation sites is 2. The minimum Gasteiger partial charge on any atom is -0.494 e. The average molecular weight is 394 g/mol. The fraction of sp³-hybridized carbons (Fsp3) is 0.154. The molecule has 0 fully saturated rings. The third kappa shape index (κ3) is 3.20. The van der Waals surface area contributed by atoms with E-state index in [0.29, 0.717) is 18.7 Å². The quantitative estimate of drug-likeness (QED) is 0.459. The number of anilines is 1. The molecule has 4 heteroatoms. The fourth-order valence-corrected chi connectivity index (χ4v) is 4.08. The van der Waals surface area contributed by atoms with Crippen LogP contribution in [0.15, 0.2) is 78.9 Å². The Morgan fingerprint density at radius 1 is 1.00 bits per heavy atom. The highest BCUT2D eigenvalue weighted by molar-refractivity contribution is 6.15. The van der Waals surface area contributed by atoms with E-state index in [1.165, 1.54) is 5.56 Å². The van der Waals surface area contributed by atoms with Gasteiger partial charge in [0.1, 0.15) is 5.75 Å². The lowest BCUT2D eigenvalue weighted by Crippen LogP contribution is -2.29. The van der Waals surface area contributed by atoms with Crippen LogP contribution in [0.25, 0.3) is 22.2 Å². The van der Waals surface area contributed by atoms with Crippen molar-refractivity contribution in [2.24, 2.45) is 0 Å². The summed E-state index contributed by atoms with van der Waals surface area (Å²) in [6, 6.07) is 25.7. The Labute approximate surface area is 175 Å². The molecule has 5 rings (SSSR count). The highest BCUT2D eigenvalue weighted by Gasteiger charge is 2.27. The van der Waals surface area contributed by atoms with Crippen molar-refractivity contribution < 1.29 is 9.53 Å². The topological polar surface area (TPSA) is 42.4 Å². The molecule has 0 saturated carbocycles. The van der Waals surface area contributed by atoms with Crippen molar-refractivity contribution in [3.8, 4) is 17.0 Å². The molecule has 3 aromatic carbocycles. The molecule has 0 N–H and O–H groups in total. The summed E-state index contributed by atoms with van der Waals surface area (Å²) in [5.74, 6) is 0.845. The first-order valence-electron chi connectivity index (χ1n) is 10.3. The van der Waals surface area contributed by atoms with E-state index in [4.69, 9.17) is 9.72 Å². The molecule has 1 amide bonds. The van der Waals surface area contributed by atoms with Gasteiger partial charge in [0.2, 0.25) is 0 Å². The maximum atomic E-state index is 13.6. The average Bonchev–Trinajstić information content (AvgIpc) is 3.23. The number of rotatable bonds is 4. The number of amides is 1. The molecular formula is C26H22N2O2. The summed E-state index contributed by atoms with van der Waals surface area (Å²) in [5, 5.41) is 0.876. The molecule has 4 aromatic rings. The molecule has 0 radical (unpaired) electrons. The van der Waals surface area contributed by atoms with Crippen LogP contribution in [0.4, 0.5) is 5.69 Å². The van der Waals surface area contributed by atoms with Gasteiger partial charge in [-0.3, -0.25) is 4.79 Å². The van der Waals surface area contributed by atoms with Gasteiger partial charge in [-0.05, 0) is 61.4 Å². The highest BCUT2D eigenvalue weighted by Crippen LogP contribution is 2.32. The number of benzene rings is 3. The monoisotopic (exact) mass is 394 g/mol. The van der Waals surface area contributed by atoms with Crippen LogP contribution >= 0.6 is 0 Å². The van der Waals surface area contributed by atoms with Gasteiger partial charge in [-0.1, -0.05) is 36.4 Å². The molecule has 0 saturated heterocycles. The SMILES string of the molecule is CCOc1ccc(-c2cc(C(=O)N3CCc4ccccc43)c3ccccc3n2)cc1. The number of carbonyl (C=O) groups is 1. The second-order valence-corrected chi connectivity index (χ2v) is 7.37. The lowest BCUT2D eigenvalue weighted by Gasteiger charge is -2.19. The Morgan fingerprint density at radius 3 is 2.60 bits per heavy atom. The summed E-state index contributed by atoms with van der Waals surface area (Å²) in [6.45, 7) is 3.30. The van der Waals surface area contributed by atoms with E-state index in [2.05, 4.69) is 6.07 Å². The number of hydrogen-bond acceptors (Lipinski definition) is 3. The third-order valence-corrected chi connectivity index (χ3v) is 5.54. The van der Waals surface area contributed by atoms with Crippen LogP contribution in [0, 0.1) is 0 Å². The van der Waals surface area contributed by atoms with Crippen molar-refractivity contribution in [3.05, 3.63) is 90.0 Å². The van der Waals surface area contributed by atoms with Gasteiger partial charge in [0.25, 0.3) is 5.91 Å². The molecule has 2 heterocycles. The van der Waals surface area contributed by atoms with Gasteiger partial charge in [0, 0.05) is 23.2 Å². The molecule has 148 valence electrons. The maximum Gasteiger partial charge on any atom is 0.259 e. The molecule has 4 nitrogen and oxygen atoms in total. The van der Waals surface area contributed by atoms with E-state index >= 15 is 0 Å². The largest absolute Gasteiger partial charge is 0.494 e. The van der Waals surface area contributed by atoms with Crippen molar-refractivity contribution in [2.45, 2.75) is 13.3 Å². The van der Waals surface area contributed by atoms with Crippen molar-refractivity contribution in [1.82, 2.24) is 4.98 Å². The number of carbonyl (C=O) groups excluding carboxylic acids is 1. The van der Waals surface area contributed by atoms with Crippen LogP contribution in [0.1, 0.15) is 22.8 Å². The third-order valence-electron chi connectivity index (χ3n) is 5.54. The normalized spacial score (nSPS) is 12.8. The van der Waals surface area contributed by atoms with E-state index in [9.17, 15) is 4.79 Å². The second kappa shape index (κ2) is 7.64. The smallest absolute Gasteiger partial charge is 0.259 e. The van der Waals surface area contributed by atoms with Crippen LogP contribution in [0.3, 0.4) is 0 Å². The summed E-state index contributed by atoms with van der Waals surface area (Å²) in [7, 11) is 0. The van der Waals surface area contributed by atoms with Crippen molar-refractivity contribution in [2.75, 3.05) is 18.1 Å². The maximum absolute atomic E-state index is 13.6. The zero-order valence-electron chi connectivity index (χ0n) is 16.8. The molecule has 1 aromatic heterocycles. The molecular weight excluding hydrogens is 372 g/mol. The lowest BCUT2D eigenvalue weighted by molar-refractivity contribution is 0.0991. The zero-order chi connectivity index (χ0) is 20.5. The first-order chi connectivity index (χ1) is 14.7. The summed E-state index contributed by atoms with van der Waals surface area (Å²) in [4.78, 5) is 20.3. The van der Waals surface area contributed by atoms with Crippen molar-refractivity contribution in [1.29, 1.82) is 0 Å². The molecule has 0 atom stereocenters. The molecule has 0 aliphatic carbocycles. The molecule has 1 aliphatic rings. The first-order valence-corrected chi connectivity index (χ1v) is 10.3. The van der Waals surface area contributed by atoms with E-state index in [1.54, 1.807) is 0 Å². The Bertz CT molecular complexity index is 1230. The first kappa shape index (κ1) is 18.4. The predicted octanol–water partition coefficient (Wildman–Crippen LogP) is 5.50. The number of nitrogens with zero attached hydrogens (tertiary/aromatic N) is 2. The number of hydrogen-bond donors (Lipinski definition) is 0. The summed E-state index contributed by atoms with van der Waals surface area (Å²) >= 11 is 0. The number of aromatic nitrogens is 1. The van der Waals surface area contributed by atoms with Crippen LogP contribution in [-0.4, -0.2) is 24.0 Å². The van der Waals surface area contributed by atoms with E-state index < -0.39 is 0 Å².